The zero-order chi connectivity index (χ0) is 16.1. The first-order valence-electron chi connectivity index (χ1n) is 7.55. The van der Waals surface area contributed by atoms with Crippen LogP contribution in [0.2, 0.25) is 0 Å². The summed E-state index contributed by atoms with van der Waals surface area (Å²) in [6.45, 7) is 3.97. The van der Waals surface area contributed by atoms with E-state index in [4.69, 9.17) is 4.74 Å². The highest BCUT2D eigenvalue weighted by Crippen LogP contribution is 2.18. The predicted octanol–water partition coefficient (Wildman–Crippen LogP) is 2.64. The van der Waals surface area contributed by atoms with E-state index in [1.807, 2.05) is 5.38 Å². The summed E-state index contributed by atoms with van der Waals surface area (Å²) in [4.78, 5) is 20.1. The molecule has 0 aliphatic carbocycles. The predicted molar refractivity (Wildman–Crippen MR) is 92.1 cm³/mol. The molecule has 6 nitrogen and oxygen atoms in total. The van der Waals surface area contributed by atoms with Crippen molar-refractivity contribution in [3.05, 3.63) is 41.4 Å². The molecule has 2 aromatic rings. The standard InChI is InChI=1S/C16H20N4O2S/c1-19(16(21)18-15-17-6-11-23-15)12-13-2-4-14(5-3-13)20-7-9-22-10-8-20/h2-6,11H,7-10,12H2,1H3,(H,17,18,21). The summed E-state index contributed by atoms with van der Waals surface area (Å²) in [6.07, 6.45) is 1.67. The Morgan fingerprint density at radius 1 is 1.35 bits per heavy atom. The lowest BCUT2D eigenvalue weighted by Gasteiger charge is -2.29. The number of rotatable bonds is 4. The van der Waals surface area contributed by atoms with Gasteiger partial charge in [-0.1, -0.05) is 12.1 Å². The molecule has 2 heterocycles. The summed E-state index contributed by atoms with van der Waals surface area (Å²) < 4.78 is 5.37. The fraction of sp³-hybridized carbons (Fsp3) is 0.375. The number of morpholine rings is 1. The maximum Gasteiger partial charge on any atom is 0.323 e. The van der Waals surface area contributed by atoms with Crippen molar-refractivity contribution in [3.63, 3.8) is 0 Å². The van der Waals surface area contributed by atoms with Gasteiger partial charge >= 0.3 is 6.03 Å². The summed E-state index contributed by atoms with van der Waals surface area (Å²) in [5.41, 5.74) is 2.30. The van der Waals surface area contributed by atoms with Gasteiger partial charge in [0.05, 0.1) is 13.2 Å². The largest absolute Gasteiger partial charge is 0.378 e. The normalized spacial score (nSPS) is 14.6. The van der Waals surface area contributed by atoms with Gasteiger partial charge in [0, 0.05) is 43.9 Å². The number of benzene rings is 1. The molecule has 122 valence electrons. The fourth-order valence-electron chi connectivity index (χ4n) is 2.45. The van der Waals surface area contributed by atoms with Crippen molar-refractivity contribution < 1.29 is 9.53 Å². The smallest absolute Gasteiger partial charge is 0.323 e. The van der Waals surface area contributed by atoms with E-state index in [-0.39, 0.29) is 6.03 Å². The molecule has 0 bridgehead atoms. The molecule has 0 saturated carbocycles. The maximum atomic E-state index is 12.1. The van der Waals surface area contributed by atoms with E-state index in [2.05, 4.69) is 39.5 Å². The van der Waals surface area contributed by atoms with Crippen LogP contribution in [0.15, 0.2) is 35.8 Å². The third-order valence-electron chi connectivity index (χ3n) is 3.73. The monoisotopic (exact) mass is 332 g/mol. The van der Waals surface area contributed by atoms with Crippen molar-refractivity contribution in [1.82, 2.24) is 9.88 Å². The van der Waals surface area contributed by atoms with Gasteiger partial charge in [-0.3, -0.25) is 5.32 Å². The zero-order valence-electron chi connectivity index (χ0n) is 13.1. The number of carbonyl (C=O) groups excluding carboxylic acids is 1. The number of hydrogen-bond donors (Lipinski definition) is 1. The van der Waals surface area contributed by atoms with Gasteiger partial charge < -0.3 is 14.5 Å². The molecule has 0 atom stereocenters. The zero-order valence-corrected chi connectivity index (χ0v) is 13.9. The summed E-state index contributed by atoms with van der Waals surface area (Å²) in [5.74, 6) is 0. The van der Waals surface area contributed by atoms with Crippen LogP contribution in [-0.4, -0.2) is 49.3 Å². The van der Waals surface area contributed by atoms with Gasteiger partial charge in [0.25, 0.3) is 0 Å². The number of nitrogens with zero attached hydrogens (tertiary/aromatic N) is 3. The van der Waals surface area contributed by atoms with Gasteiger partial charge in [0.1, 0.15) is 0 Å². The molecule has 1 fully saturated rings. The highest BCUT2D eigenvalue weighted by atomic mass is 32.1. The number of anilines is 2. The molecule has 0 radical (unpaired) electrons. The molecule has 1 saturated heterocycles. The number of carbonyl (C=O) groups is 1. The molecular weight excluding hydrogens is 312 g/mol. The SMILES string of the molecule is CN(Cc1ccc(N2CCOCC2)cc1)C(=O)Nc1nccs1. The lowest BCUT2D eigenvalue weighted by molar-refractivity contribution is 0.122. The number of thiazole rings is 1. The second-order valence-electron chi connectivity index (χ2n) is 5.39. The highest BCUT2D eigenvalue weighted by molar-refractivity contribution is 7.13. The second-order valence-corrected chi connectivity index (χ2v) is 6.28. The Morgan fingerprint density at radius 3 is 2.74 bits per heavy atom. The summed E-state index contributed by atoms with van der Waals surface area (Å²) >= 11 is 1.41. The fourth-order valence-corrected chi connectivity index (χ4v) is 2.97. The molecule has 1 aromatic carbocycles. The molecular formula is C16H20N4O2S. The average molecular weight is 332 g/mol. The van der Waals surface area contributed by atoms with Crippen LogP contribution in [0.25, 0.3) is 0 Å². The topological polar surface area (TPSA) is 57.7 Å². The van der Waals surface area contributed by atoms with Crippen molar-refractivity contribution in [2.45, 2.75) is 6.54 Å². The first-order chi connectivity index (χ1) is 11.2. The Hall–Kier alpha value is -2.12. The van der Waals surface area contributed by atoms with Crippen LogP contribution >= 0.6 is 11.3 Å². The minimum atomic E-state index is -0.155. The Morgan fingerprint density at radius 2 is 2.09 bits per heavy atom. The van der Waals surface area contributed by atoms with E-state index < -0.39 is 0 Å². The van der Waals surface area contributed by atoms with E-state index in [0.29, 0.717) is 11.7 Å². The van der Waals surface area contributed by atoms with Crippen LogP contribution in [0.1, 0.15) is 5.56 Å². The van der Waals surface area contributed by atoms with Crippen LogP contribution in [-0.2, 0) is 11.3 Å². The Bertz CT molecular complexity index is 624. The first-order valence-corrected chi connectivity index (χ1v) is 8.43. The van der Waals surface area contributed by atoms with Crippen molar-refractivity contribution in [3.8, 4) is 0 Å². The van der Waals surface area contributed by atoms with Crippen molar-refractivity contribution in [2.75, 3.05) is 43.6 Å². The molecule has 23 heavy (non-hydrogen) atoms. The van der Waals surface area contributed by atoms with E-state index >= 15 is 0 Å². The molecule has 0 unspecified atom stereocenters. The van der Waals surface area contributed by atoms with Gasteiger partial charge in [-0.05, 0) is 17.7 Å². The van der Waals surface area contributed by atoms with Crippen molar-refractivity contribution in [1.29, 1.82) is 0 Å². The van der Waals surface area contributed by atoms with Crippen LogP contribution in [0, 0.1) is 0 Å². The van der Waals surface area contributed by atoms with Gasteiger partial charge in [-0.25, -0.2) is 9.78 Å². The van der Waals surface area contributed by atoms with Crippen molar-refractivity contribution >= 4 is 28.2 Å². The minimum Gasteiger partial charge on any atom is -0.378 e. The molecule has 7 heteroatoms. The number of urea groups is 1. The van der Waals surface area contributed by atoms with Crippen LogP contribution in [0.4, 0.5) is 15.6 Å². The number of ether oxygens (including phenoxy) is 1. The molecule has 2 amide bonds. The second kappa shape index (κ2) is 7.43. The third kappa shape index (κ3) is 4.20. The number of nitrogens with one attached hydrogen (secondary N) is 1. The van der Waals surface area contributed by atoms with E-state index in [1.165, 1.54) is 17.0 Å². The molecule has 1 aromatic heterocycles. The Kier molecular flexibility index (Phi) is 5.09. The van der Waals surface area contributed by atoms with E-state index in [1.54, 1.807) is 18.1 Å². The third-order valence-corrected chi connectivity index (χ3v) is 4.41. The molecule has 1 aliphatic heterocycles. The molecule has 1 aliphatic rings. The van der Waals surface area contributed by atoms with E-state index in [0.717, 1.165) is 31.9 Å². The van der Waals surface area contributed by atoms with Gasteiger partial charge in [-0.2, -0.15) is 0 Å². The average Bonchev–Trinajstić information content (AvgIpc) is 3.09. The highest BCUT2D eigenvalue weighted by Gasteiger charge is 2.13. The van der Waals surface area contributed by atoms with Gasteiger partial charge in [0.2, 0.25) is 0 Å². The summed E-state index contributed by atoms with van der Waals surface area (Å²) in [5, 5.41) is 5.23. The van der Waals surface area contributed by atoms with Crippen LogP contribution < -0.4 is 10.2 Å². The molecule has 1 N–H and O–H groups in total. The van der Waals surface area contributed by atoms with Crippen LogP contribution in [0.3, 0.4) is 0 Å². The molecule has 3 rings (SSSR count). The number of amides is 2. The van der Waals surface area contributed by atoms with Crippen LogP contribution in [0.5, 0.6) is 0 Å². The van der Waals surface area contributed by atoms with Crippen molar-refractivity contribution in [2.24, 2.45) is 0 Å². The number of hydrogen-bond acceptors (Lipinski definition) is 5. The number of aromatic nitrogens is 1. The molecule has 0 spiro atoms. The van der Waals surface area contributed by atoms with Gasteiger partial charge in [0.15, 0.2) is 5.13 Å². The summed E-state index contributed by atoms with van der Waals surface area (Å²) in [6, 6.07) is 8.19. The lowest BCUT2D eigenvalue weighted by atomic mass is 10.2. The summed E-state index contributed by atoms with van der Waals surface area (Å²) in [7, 11) is 1.78. The Balaban J connectivity index is 1.55. The Labute approximate surface area is 139 Å². The first kappa shape index (κ1) is 15.8. The maximum absolute atomic E-state index is 12.1. The van der Waals surface area contributed by atoms with Gasteiger partial charge in [-0.15, -0.1) is 11.3 Å². The van der Waals surface area contributed by atoms with E-state index in [9.17, 15) is 4.79 Å². The quantitative estimate of drug-likeness (QED) is 0.935. The lowest BCUT2D eigenvalue weighted by Crippen LogP contribution is -2.36. The minimum absolute atomic E-state index is 0.155.